The summed E-state index contributed by atoms with van der Waals surface area (Å²) in [6, 6.07) is 9.61. The third-order valence-electron chi connectivity index (χ3n) is 2.89. The second-order valence-electron chi connectivity index (χ2n) is 4.82. The third-order valence-corrected chi connectivity index (χ3v) is 2.89. The van der Waals surface area contributed by atoms with Gasteiger partial charge in [0, 0.05) is 24.7 Å². The minimum absolute atomic E-state index is 0.105. The van der Waals surface area contributed by atoms with Gasteiger partial charge in [0.2, 0.25) is 5.91 Å². The van der Waals surface area contributed by atoms with Crippen LogP contribution in [0.1, 0.15) is 29.4 Å². The van der Waals surface area contributed by atoms with E-state index in [9.17, 15) is 9.59 Å². The molecule has 23 heavy (non-hydrogen) atoms. The van der Waals surface area contributed by atoms with E-state index < -0.39 is 5.91 Å². The summed E-state index contributed by atoms with van der Waals surface area (Å²) < 4.78 is 0. The molecule has 2 N–H and O–H groups in total. The van der Waals surface area contributed by atoms with E-state index in [1.165, 1.54) is 18.6 Å². The fourth-order valence-corrected chi connectivity index (χ4v) is 1.75. The minimum Gasteiger partial charge on any atom is -0.352 e. The maximum absolute atomic E-state index is 11.8. The molecule has 0 unspecified atom stereocenters. The number of hydrazone groups is 1. The summed E-state index contributed by atoms with van der Waals surface area (Å²) in [7, 11) is 0. The average molecular weight is 311 g/mol. The molecule has 2 amide bonds. The van der Waals surface area contributed by atoms with Crippen LogP contribution in [0.3, 0.4) is 0 Å². The lowest BCUT2D eigenvalue weighted by molar-refractivity contribution is -0.120. The molecule has 1 heterocycles. The van der Waals surface area contributed by atoms with Gasteiger partial charge in [-0.1, -0.05) is 30.3 Å². The number of carbonyl (C=O) groups excluding carboxylic acids is 2. The van der Waals surface area contributed by atoms with Gasteiger partial charge in [-0.2, -0.15) is 5.10 Å². The van der Waals surface area contributed by atoms with Gasteiger partial charge in [0.15, 0.2) is 0 Å². The van der Waals surface area contributed by atoms with Crippen molar-refractivity contribution >= 4 is 17.5 Å². The highest BCUT2D eigenvalue weighted by Crippen LogP contribution is 1.98. The quantitative estimate of drug-likeness (QED) is 0.620. The fourth-order valence-electron chi connectivity index (χ4n) is 1.75. The lowest BCUT2D eigenvalue weighted by Crippen LogP contribution is -2.26. The molecule has 0 atom stereocenters. The maximum atomic E-state index is 11.8. The third kappa shape index (κ3) is 5.66. The van der Waals surface area contributed by atoms with Crippen molar-refractivity contribution in [3.63, 3.8) is 0 Å². The second kappa shape index (κ2) is 8.38. The van der Waals surface area contributed by atoms with Crippen LogP contribution in [-0.2, 0) is 11.3 Å². The molecule has 1 aromatic heterocycles. The van der Waals surface area contributed by atoms with Gasteiger partial charge >= 0.3 is 0 Å². The zero-order chi connectivity index (χ0) is 16.5. The van der Waals surface area contributed by atoms with E-state index in [-0.39, 0.29) is 18.0 Å². The largest absolute Gasteiger partial charge is 0.352 e. The zero-order valence-electron chi connectivity index (χ0n) is 12.7. The summed E-state index contributed by atoms with van der Waals surface area (Å²) in [5.41, 5.74) is 4.02. The molecule has 0 bridgehead atoms. The van der Waals surface area contributed by atoms with Crippen molar-refractivity contribution in [1.82, 2.24) is 20.7 Å². The number of carbonyl (C=O) groups is 2. The van der Waals surface area contributed by atoms with Gasteiger partial charge in [0.1, 0.15) is 5.69 Å². The number of nitrogens with zero attached hydrogens (tertiary/aromatic N) is 3. The summed E-state index contributed by atoms with van der Waals surface area (Å²) in [6.07, 6.45) is 4.34. The van der Waals surface area contributed by atoms with Gasteiger partial charge in [-0.3, -0.25) is 14.6 Å². The molecule has 0 saturated heterocycles. The Hall–Kier alpha value is -3.09. The summed E-state index contributed by atoms with van der Waals surface area (Å²) >= 11 is 0. The number of hydrogen-bond donors (Lipinski definition) is 2. The molecule has 1 aromatic carbocycles. The van der Waals surface area contributed by atoms with Gasteiger partial charge in [-0.25, -0.2) is 10.4 Å². The smallest absolute Gasteiger partial charge is 0.291 e. The van der Waals surface area contributed by atoms with E-state index >= 15 is 0 Å². The maximum Gasteiger partial charge on any atom is 0.291 e. The Morgan fingerprint density at radius 3 is 2.65 bits per heavy atom. The minimum atomic E-state index is -0.470. The lowest BCUT2D eigenvalue weighted by atomic mass is 10.2. The van der Waals surface area contributed by atoms with E-state index in [1.807, 2.05) is 30.3 Å². The summed E-state index contributed by atoms with van der Waals surface area (Å²) in [5, 5.41) is 6.68. The number of benzene rings is 1. The molecule has 0 spiro atoms. The van der Waals surface area contributed by atoms with Crippen LogP contribution in [-0.4, -0.2) is 27.5 Å². The predicted molar refractivity (Wildman–Crippen MR) is 85.5 cm³/mol. The molecule has 0 aliphatic carbocycles. The predicted octanol–water partition coefficient (Wildman–Crippen LogP) is 1.29. The molecule has 0 aliphatic rings. The van der Waals surface area contributed by atoms with Crippen molar-refractivity contribution in [3.8, 4) is 0 Å². The Balaban J connectivity index is 1.78. The van der Waals surface area contributed by atoms with Crippen molar-refractivity contribution in [2.75, 3.05) is 0 Å². The Morgan fingerprint density at radius 1 is 1.17 bits per heavy atom. The number of amides is 2. The normalized spacial score (nSPS) is 10.9. The highest BCUT2D eigenvalue weighted by Gasteiger charge is 2.07. The number of hydrogen-bond acceptors (Lipinski definition) is 5. The Labute approximate surface area is 133 Å². The fraction of sp³-hybridized carbons (Fsp3) is 0.188. The summed E-state index contributed by atoms with van der Waals surface area (Å²) in [5.74, 6) is -0.633. The molecule has 0 saturated carbocycles. The zero-order valence-corrected chi connectivity index (χ0v) is 12.7. The average Bonchev–Trinajstić information content (AvgIpc) is 2.59. The van der Waals surface area contributed by atoms with Crippen LogP contribution in [0, 0.1) is 0 Å². The van der Waals surface area contributed by atoms with Crippen molar-refractivity contribution in [1.29, 1.82) is 0 Å². The monoisotopic (exact) mass is 311 g/mol. The molecule has 0 aliphatic heterocycles. The molecule has 2 aromatic rings. The van der Waals surface area contributed by atoms with Crippen LogP contribution in [0.15, 0.2) is 54.0 Å². The first-order valence-electron chi connectivity index (χ1n) is 7.05. The second-order valence-corrected chi connectivity index (χ2v) is 4.82. The molecule has 7 heteroatoms. The van der Waals surface area contributed by atoms with Crippen LogP contribution in [0.2, 0.25) is 0 Å². The van der Waals surface area contributed by atoms with Crippen LogP contribution >= 0.6 is 0 Å². The van der Waals surface area contributed by atoms with Crippen molar-refractivity contribution < 1.29 is 9.59 Å². The summed E-state index contributed by atoms with van der Waals surface area (Å²) in [6.45, 7) is 2.12. The standard InChI is InChI=1S/C16H17N5O2/c1-12(20-21-16(23)14-11-17-7-8-18-14)9-15(22)19-10-13-5-3-2-4-6-13/h2-8,11H,9-10H2,1H3,(H,19,22)(H,21,23)/b20-12-. The molecule has 0 radical (unpaired) electrons. The first kappa shape index (κ1) is 16.3. The molecular weight excluding hydrogens is 294 g/mol. The van der Waals surface area contributed by atoms with E-state index in [1.54, 1.807) is 6.92 Å². The van der Waals surface area contributed by atoms with E-state index in [0.717, 1.165) is 5.56 Å². The van der Waals surface area contributed by atoms with Crippen LogP contribution in [0.5, 0.6) is 0 Å². The summed E-state index contributed by atoms with van der Waals surface area (Å²) in [4.78, 5) is 31.2. The van der Waals surface area contributed by atoms with Gasteiger partial charge in [0.05, 0.1) is 12.6 Å². The Kier molecular flexibility index (Phi) is 5.93. The molecule has 118 valence electrons. The molecular formula is C16H17N5O2. The van der Waals surface area contributed by atoms with Gasteiger partial charge in [0.25, 0.3) is 5.91 Å². The highest BCUT2D eigenvalue weighted by molar-refractivity contribution is 6.00. The van der Waals surface area contributed by atoms with Crippen LogP contribution < -0.4 is 10.7 Å². The number of aromatic nitrogens is 2. The molecule has 7 nitrogen and oxygen atoms in total. The van der Waals surface area contributed by atoms with Gasteiger partial charge < -0.3 is 5.32 Å². The molecule has 2 rings (SSSR count). The Bertz CT molecular complexity index is 686. The first-order valence-corrected chi connectivity index (χ1v) is 7.05. The number of rotatable bonds is 6. The van der Waals surface area contributed by atoms with Crippen molar-refractivity contribution in [3.05, 3.63) is 60.2 Å². The highest BCUT2D eigenvalue weighted by atomic mass is 16.2. The van der Waals surface area contributed by atoms with Crippen molar-refractivity contribution in [2.24, 2.45) is 5.10 Å². The van der Waals surface area contributed by atoms with Gasteiger partial charge in [-0.15, -0.1) is 0 Å². The topological polar surface area (TPSA) is 96.3 Å². The number of nitrogens with one attached hydrogen (secondary N) is 2. The lowest BCUT2D eigenvalue weighted by Gasteiger charge is -2.05. The van der Waals surface area contributed by atoms with E-state index in [2.05, 4.69) is 25.8 Å². The van der Waals surface area contributed by atoms with Crippen LogP contribution in [0.4, 0.5) is 0 Å². The Morgan fingerprint density at radius 2 is 1.96 bits per heavy atom. The van der Waals surface area contributed by atoms with E-state index in [4.69, 9.17) is 0 Å². The van der Waals surface area contributed by atoms with Crippen molar-refractivity contribution in [2.45, 2.75) is 19.9 Å². The van der Waals surface area contributed by atoms with Crippen LogP contribution in [0.25, 0.3) is 0 Å². The first-order chi connectivity index (χ1) is 11.1. The van der Waals surface area contributed by atoms with Gasteiger partial charge in [-0.05, 0) is 12.5 Å². The molecule has 0 fully saturated rings. The SMILES string of the molecule is C/C(CC(=O)NCc1ccccc1)=N/NC(=O)c1cnccn1. The van der Waals surface area contributed by atoms with E-state index in [0.29, 0.717) is 12.3 Å².